The Balaban J connectivity index is 1.65. The summed E-state index contributed by atoms with van der Waals surface area (Å²) in [4.78, 5) is 26.4. The first-order chi connectivity index (χ1) is 13.6. The zero-order chi connectivity index (χ0) is 19.9. The van der Waals surface area contributed by atoms with Crippen molar-refractivity contribution in [3.05, 3.63) is 54.6 Å². The number of carbonyl (C=O) groups is 2. The van der Waals surface area contributed by atoms with E-state index in [0.717, 1.165) is 24.0 Å². The van der Waals surface area contributed by atoms with Gasteiger partial charge in [0.2, 0.25) is 5.91 Å². The molecule has 2 unspecified atom stereocenters. The lowest BCUT2D eigenvalue weighted by Crippen LogP contribution is -2.50. The molecule has 2 atom stereocenters. The van der Waals surface area contributed by atoms with Crippen LogP contribution >= 0.6 is 0 Å². The number of benzene rings is 2. The van der Waals surface area contributed by atoms with Crippen LogP contribution in [0.25, 0.3) is 11.1 Å². The minimum atomic E-state index is -0.567. The highest BCUT2D eigenvalue weighted by Crippen LogP contribution is 2.24. The second kappa shape index (κ2) is 9.37. The molecule has 1 saturated heterocycles. The Bertz CT molecular complexity index is 792. The van der Waals surface area contributed by atoms with Gasteiger partial charge in [0.15, 0.2) is 6.10 Å². The number of hydrazine groups is 1. The van der Waals surface area contributed by atoms with E-state index in [1.54, 1.807) is 4.90 Å². The first-order valence-electron chi connectivity index (χ1n) is 9.73. The van der Waals surface area contributed by atoms with Gasteiger partial charge in [-0.25, -0.2) is 5.84 Å². The van der Waals surface area contributed by atoms with Gasteiger partial charge in [0.25, 0.3) is 5.91 Å². The Labute approximate surface area is 165 Å². The molecule has 3 N–H and O–H groups in total. The number of amides is 2. The highest BCUT2D eigenvalue weighted by Gasteiger charge is 2.31. The monoisotopic (exact) mass is 381 g/mol. The van der Waals surface area contributed by atoms with Gasteiger partial charge in [-0.1, -0.05) is 49.4 Å². The van der Waals surface area contributed by atoms with Crippen LogP contribution in [0.3, 0.4) is 0 Å². The van der Waals surface area contributed by atoms with E-state index in [4.69, 9.17) is 10.6 Å². The van der Waals surface area contributed by atoms with Crippen LogP contribution in [0.15, 0.2) is 54.6 Å². The van der Waals surface area contributed by atoms with Crippen molar-refractivity contribution < 1.29 is 14.3 Å². The molecule has 28 heavy (non-hydrogen) atoms. The summed E-state index contributed by atoms with van der Waals surface area (Å²) in [5.41, 5.74) is 4.42. The number of ether oxygens (including phenoxy) is 1. The molecule has 0 radical (unpaired) electrons. The maximum Gasteiger partial charge on any atom is 0.263 e. The molecule has 2 aromatic rings. The number of nitrogens with one attached hydrogen (secondary N) is 1. The fourth-order valence-electron chi connectivity index (χ4n) is 3.54. The Kier molecular flexibility index (Phi) is 6.66. The van der Waals surface area contributed by atoms with E-state index in [9.17, 15) is 9.59 Å². The summed E-state index contributed by atoms with van der Waals surface area (Å²) in [6, 6.07) is 17.9. The number of rotatable bonds is 6. The average Bonchev–Trinajstić information content (AvgIpc) is 2.77. The normalized spacial score (nSPS) is 17.6. The Morgan fingerprint density at radius 1 is 1.14 bits per heavy atom. The summed E-state index contributed by atoms with van der Waals surface area (Å²) in [5.74, 6) is 5.34. The van der Waals surface area contributed by atoms with Gasteiger partial charge in [-0.2, -0.15) is 0 Å². The van der Waals surface area contributed by atoms with E-state index in [1.807, 2.05) is 49.4 Å². The van der Waals surface area contributed by atoms with E-state index in [0.29, 0.717) is 25.3 Å². The van der Waals surface area contributed by atoms with Crippen molar-refractivity contribution in [1.29, 1.82) is 0 Å². The number of hydrogen-bond donors (Lipinski definition) is 2. The standard InChI is InChI=1S/C22H27N3O3/c1-2-20(22(27)25-14-6-9-18(15-25)21(26)24-23)28-19-12-10-17(11-13-19)16-7-4-3-5-8-16/h3-5,7-8,10-13,18,20H,2,6,9,14-15,23H2,1H3,(H,24,26). The molecule has 3 rings (SSSR count). The third-order valence-electron chi connectivity index (χ3n) is 5.13. The zero-order valence-electron chi connectivity index (χ0n) is 16.1. The number of likely N-dealkylation sites (tertiary alicyclic amines) is 1. The summed E-state index contributed by atoms with van der Waals surface area (Å²) in [5, 5.41) is 0. The molecule has 2 amide bonds. The Morgan fingerprint density at radius 3 is 2.46 bits per heavy atom. The summed E-state index contributed by atoms with van der Waals surface area (Å²) in [6.07, 6.45) is 1.52. The third-order valence-corrected chi connectivity index (χ3v) is 5.13. The number of carbonyl (C=O) groups excluding carboxylic acids is 2. The molecule has 0 aromatic heterocycles. The number of piperidine rings is 1. The molecule has 0 saturated carbocycles. The van der Waals surface area contributed by atoms with Crippen LogP contribution in [0.4, 0.5) is 0 Å². The lowest BCUT2D eigenvalue weighted by atomic mass is 9.97. The van der Waals surface area contributed by atoms with E-state index in [1.165, 1.54) is 0 Å². The topological polar surface area (TPSA) is 84.7 Å². The molecule has 0 aliphatic carbocycles. The van der Waals surface area contributed by atoms with Crippen molar-refractivity contribution in [1.82, 2.24) is 10.3 Å². The zero-order valence-corrected chi connectivity index (χ0v) is 16.1. The second-order valence-corrected chi connectivity index (χ2v) is 7.04. The lowest BCUT2D eigenvalue weighted by Gasteiger charge is -2.34. The molecule has 1 aliphatic rings. The molecule has 1 aliphatic heterocycles. The minimum absolute atomic E-state index is 0.0795. The summed E-state index contributed by atoms with van der Waals surface area (Å²) in [7, 11) is 0. The minimum Gasteiger partial charge on any atom is -0.481 e. The van der Waals surface area contributed by atoms with E-state index in [2.05, 4.69) is 17.6 Å². The molecule has 6 nitrogen and oxygen atoms in total. The SMILES string of the molecule is CCC(Oc1ccc(-c2ccccc2)cc1)C(=O)N1CCCC(C(=O)NN)C1. The Hall–Kier alpha value is -2.86. The van der Waals surface area contributed by atoms with Crippen molar-refractivity contribution in [3.8, 4) is 16.9 Å². The second-order valence-electron chi connectivity index (χ2n) is 7.04. The van der Waals surface area contributed by atoms with E-state index < -0.39 is 6.10 Å². The highest BCUT2D eigenvalue weighted by atomic mass is 16.5. The van der Waals surface area contributed by atoms with Crippen LogP contribution in [0, 0.1) is 5.92 Å². The summed E-state index contributed by atoms with van der Waals surface area (Å²) >= 11 is 0. The predicted octanol–water partition coefficient (Wildman–Crippen LogP) is 2.74. The fraction of sp³-hybridized carbons (Fsp3) is 0.364. The van der Waals surface area contributed by atoms with Crippen LogP contribution in [0.2, 0.25) is 0 Å². The van der Waals surface area contributed by atoms with Gasteiger partial charge >= 0.3 is 0 Å². The molecule has 2 aromatic carbocycles. The van der Waals surface area contributed by atoms with Gasteiger partial charge < -0.3 is 9.64 Å². The van der Waals surface area contributed by atoms with Gasteiger partial charge in [0.05, 0.1) is 5.92 Å². The van der Waals surface area contributed by atoms with Crippen molar-refractivity contribution in [2.75, 3.05) is 13.1 Å². The largest absolute Gasteiger partial charge is 0.481 e. The van der Waals surface area contributed by atoms with Gasteiger partial charge in [0, 0.05) is 13.1 Å². The molecular formula is C22H27N3O3. The first kappa shape index (κ1) is 19.9. The van der Waals surface area contributed by atoms with Gasteiger partial charge in [0.1, 0.15) is 5.75 Å². The van der Waals surface area contributed by atoms with Crippen LogP contribution in [0.1, 0.15) is 26.2 Å². The predicted molar refractivity (Wildman–Crippen MR) is 108 cm³/mol. The molecule has 0 bridgehead atoms. The van der Waals surface area contributed by atoms with Crippen molar-refractivity contribution in [2.24, 2.45) is 11.8 Å². The average molecular weight is 381 g/mol. The smallest absolute Gasteiger partial charge is 0.263 e. The maximum absolute atomic E-state index is 12.9. The summed E-state index contributed by atoms with van der Waals surface area (Å²) < 4.78 is 5.98. The van der Waals surface area contributed by atoms with Crippen molar-refractivity contribution >= 4 is 11.8 Å². The van der Waals surface area contributed by atoms with Crippen LogP contribution in [0.5, 0.6) is 5.75 Å². The van der Waals surface area contributed by atoms with Crippen LogP contribution < -0.4 is 16.0 Å². The Morgan fingerprint density at radius 2 is 1.82 bits per heavy atom. The fourth-order valence-corrected chi connectivity index (χ4v) is 3.54. The van der Waals surface area contributed by atoms with Gasteiger partial charge in [-0.15, -0.1) is 0 Å². The molecule has 1 heterocycles. The molecular weight excluding hydrogens is 354 g/mol. The lowest BCUT2D eigenvalue weighted by molar-refractivity contribution is -0.142. The van der Waals surface area contributed by atoms with Gasteiger partial charge in [-0.05, 0) is 42.5 Å². The van der Waals surface area contributed by atoms with Crippen molar-refractivity contribution in [2.45, 2.75) is 32.3 Å². The van der Waals surface area contributed by atoms with Crippen molar-refractivity contribution in [3.63, 3.8) is 0 Å². The molecule has 0 spiro atoms. The van der Waals surface area contributed by atoms with E-state index >= 15 is 0 Å². The molecule has 6 heteroatoms. The maximum atomic E-state index is 12.9. The van der Waals surface area contributed by atoms with E-state index in [-0.39, 0.29) is 17.7 Å². The van der Waals surface area contributed by atoms with Crippen LogP contribution in [-0.4, -0.2) is 35.9 Å². The number of nitrogens with two attached hydrogens (primary N) is 1. The quantitative estimate of drug-likeness (QED) is 0.458. The highest BCUT2D eigenvalue weighted by molar-refractivity contribution is 5.83. The first-order valence-corrected chi connectivity index (χ1v) is 9.73. The van der Waals surface area contributed by atoms with Crippen LogP contribution in [-0.2, 0) is 9.59 Å². The molecule has 1 fully saturated rings. The third kappa shape index (κ3) is 4.70. The number of hydrogen-bond acceptors (Lipinski definition) is 4. The molecule has 148 valence electrons. The summed E-state index contributed by atoms with van der Waals surface area (Å²) in [6.45, 7) is 2.95. The van der Waals surface area contributed by atoms with Gasteiger partial charge in [-0.3, -0.25) is 15.0 Å². The number of nitrogens with zero attached hydrogens (tertiary/aromatic N) is 1.